The molecule has 6 heteroatoms. The highest BCUT2D eigenvalue weighted by Gasteiger charge is 2.60. The maximum atomic E-state index is 12.3. The van der Waals surface area contributed by atoms with Gasteiger partial charge in [-0.25, -0.2) is 4.79 Å². The van der Waals surface area contributed by atoms with Crippen molar-refractivity contribution < 1.29 is 14.4 Å². The molecule has 3 atom stereocenters. The van der Waals surface area contributed by atoms with Crippen LogP contribution in [0.25, 0.3) is 0 Å². The number of piperazine rings is 1. The summed E-state index contributed by atoms with van der Waals surface area (Å²) >= 11 is 0. The molecule has 18 heavy (non-hydrogen) atoms. The van der Waals surface area contributed by atoms with Gasteiger partial charge in [0.2, 0.25) is 5.91 Å². The van der Waals surface area contributed by atoms with Gasteiger partial charge in [-0.15, -0.1) is 0 Å². The number of urea groups is 1. The van der Waals surface area contributed by atoms with Crippen LogP contribution in [0, 0.1) is 5.41 Å². The summed E-state index contributed by atoms with van der Waals surface area (Å²) in [4.78, 5) is 39.1. The monoisotopic (exact) mass is 251 g/mol. The van der Waals surface area contributed by atoms with Crippen molar-refractivity contribution in [2.75, 3.05) is 6.54 Å². The highest BCUT2D eigenvalue weighted by molar-refractivity contribution is 6.06. The van der Waals surface area contributed by atoms with E-state index in [2.05, 4.69) is 5.32 Å². The van der Waals surface area contributed by atoms with Crippen molar-refractivity contribution >= 4 is 17.8 Å². The molecule has 0 aromatic carbocycles. The highest BCUT2D eigenvalue weighted by Crippen LogP contribution is 2.40. The number of hydrogen-bond acceptors (Lipinski definition) is 3. The standard InChI is InChI=1S/C12H17N3O3/c1-12(2,3)10(17)14-5-6-4-7(14)8-9(16)13-11(18)15(6)8/h6-8H,4-5H2,1-3H3,(H,13,16,18). The molecular formula is C12H17N3O3. The Bertz CT molecular complexity index is 454. The van der Waals surface area contributed by atoms with Crippen LogP contribution in [0.2, 0.25) is 0 Å². The Hall–Kier alpha value is -1.59. The van der Waals surface area contributed by atoms with E-state index < -0.39 is 11.5 Å². The molecule has 3 saturated heterocycles. The smallest absolute Gasteiger partial charge is 0.325 e. The zero-order valence-corrected chi connectivity index (χ0v) is 10.8. The van der Waals surface area contributed by atoms with E-state index in [-0.39, 0.29) is 29.9 Å². The van der Waals surface area contributed by atoms with E-state index in [1.165, 1.54) is 0 Å². The Labute approximate surface area is 105 Å². The first-order valence-corrected chi connectivity index (χ1v) is 6.25. The molecule has 6 nitrogen and oxygen atoms in total. The zero-order valence-electron chi connectivity index (χ0n) is 10.8. The number of imide groups is 1. The lowest BCUT2D eigenvalue weighted by Crippen LogP contribution is -2.56. The third-order valence-corrected chi connectivity index (χ3v) is 4.01. The summed E-state index contributed by atoms with van der Waals surface area (Å²) in [7, 11) is 0. The first kappa shape index (κ1) is 11.5. The van der Waals surface area contributed by atoms with Crippen molar-refractivity contribution in [3.63, 3.8) is 0 Å². The molecule has 3 heterocycles. The molecule has 0 spiro atoms. The predicted molar refractivity (Wildman–Crippen MR) is 62.5 cm³/mol. The maximum Gasteiger partial charge on any atom is 0.325 e. The van der Waals surface area contributed by atoms with Crippen LogP contribution in [0.3, 0.4) is 0 Å². The van der Waals surface area contributed by atoms with Crippen LogP contribution >= 0.6 is 0 Å². The van der Waals surface area contributed by atoms with Gasteiger partial charge in [0, 0.05) is 12.0 Å². The van der Waals surface area contributed by atoms with E-state index in [9.17, 15) is 14.4 Å². The molecule has 1 N–H and O–H groups in total. The molecule has 98 valence electrons. The molecule has 4 amide bonds. The number of hydrogen-bond donors (Lipinski definition) is 1. The molecule has 0 radical (unpaired) electrons. The quantitative estimate of drug-likeness (QED) is 0.613. The maximum absolute atomic E-state index is 12.3. The lowest BCUT2D eigenvalue weighted by Gasteiger charge is -2.38. The van der Waals surface area contributed by atoms with E-state index in [1.807, 2.05) is 20.8 Å². The Morgan fingerprint density at radius 1 is 1.33 bits per heavy atom. The summed E-state index contributed by atoms with van der Waals surface area (Å²) in [5.74, 6) is -0.208. The molecule has 0 aromatic heterocycles. The number of amides is 4. The molecule has 0 aromatic rings. The molecular weight excluding hydrogens is 234 g/mol. The zero-order chi connectivity index (χ0) is 13.2. The number of rotatable bonds is 0. The summed E-state index contributed by atoms with van der Waals surface area (Å²) in [5.41, 5.74) is -0.450. The van der Waals surface area contributed by atoms with Crippen LogP contribution in [-0.4, -0.2) is 52.3 Å². The largest absolute Gasteiger partial charge is 0.334 e. The number of likely N-dealkylation sites (tertiary alicyclic amines) is 1. The van der Waals surface area contributed by atoms with Gasteiger partial charge in [-0.05, 0) is 6.42 Å². The first-order chi connectivity index (χ1) is 8.30. The number of nitrogens with one attached hydrogen (secondary N) is 1. The average molecular weight is 251 g/mol. The third-order valence-electron chi connectivity index (χ3n) is 4.01. The number of carbonyl (C=O) groups excluding carboxylic acids is 3. The topological polar surface area (TPSA) is 69.7 Å². The van der Waals surface area contributed by atoms with E-state index in [4.69, 9.17) is 0 Å². The number of fused-ring (bicyclic) bond motifs is 5. The van der Waals surface area contributed by atoms with Crippen LogP contribution in [0.5, 0.6) is 0 Å². The summed E-state index contributed by atoms with van der Waals surface area (Å²) in [6.07, 6.45) is 0.728. The minimum atomic E-state index is -0.470. The van der Waals surface area contributed by atoms with Gasteiger partial charge in [0.15, 0.2) is 0 Å². The Kier molecular flexibility index (Phi) is 2.07. The molecule has 3 unspecified atom stereocenters. The fourth-order valence-corrected chi connectivity index (χ4v) is 3.26. The molecule has 3 fully saturated rings. The Morgan fingerprint density at radius 2 is 2.00 bits per heavy atom. The van der Waals surface area contributed by atoms with Crippen LogP contribution in [0.4, 0.5) is 4.79 Å². The highest BCUT2D eigenvalue weighted by atomic mass is 16.2. The fraction of sp³-hybridized carbons (Fsp3) is 0.750. The van der Waals surface area contributed by atoms with Gasteiger partial charge in [-0.2, -0.15) is 0 Å². The van der Waals surface area contributed by atoms with Crippen molar-refractivity contribution in [3.8, 4) is 0 Å². The van der Waals surface area contributed by atoms with Gasteiger partial charge < -0.3 is 9.80 Å². The molecule has 0 aliphatic carbocycles. The van der Waals surface area contributed by atoms with Gasteiger partial charge in [0.25, 0.3) is 5.91 Å². The van der Waals surface area contributed by atoms with Crippen LogP contribution in [0.15, 0.2) is 0 Å². The van der Waals surface area contributed by atoms with E-state index in [1.54, 1.807) is 9.80 Å². The van der Waals surface area contributed by atoms with Crippen molar-refractivity contribution in [2.45, 2.75) is 45.3 Å². The summed E-state index contributed by atoms with van der Waals surface area (Å²) in [5, 5.41) is 2.33. The lowest BCUT2D eigenvalue weighted by molar-refractivity contribution is -0.143. The second-order valence-corrected chi connectivity index (χ2v) is 6.31. The van der Waals surface area contributed by atoms with Crippen molar-refractivity contribution in [3.05, 3.63) is 0 Å². The predicted octanol–water partition coefficient (Wildman–Crippen LogP) is -0.0640. The van der Waals surface area contributed by atoms with Gasteiger partial charge in [0.1, 0.15) is 6.04 Å². The fourth-order valence-electron chi connectivity index (χ4n) is 3.26. The van der Waals surface area contributed by atoms with Crippen LogP contribution < -0.4 is 5.32 Å². The second kappa shape index (κ2) is 3.24. The minimum Gasteiger partial charge on any atom is -0.334 e. The number of nitrogens with zero attached hydrogens (tertiary/aromatic N) is 2. The summed E-state index contributed by atoms with van der Waals surface area (Å²) in [6.45, 7) is 6.18. The van der Waals surface area contributed by atoms with Gasteiger partial charge in [-0.1, -0.05) is 20.8 Å². The van der Waals surface area contributed by atoms with Crippen molar-refractivity contribution in [1.29, 1.82) is 0 Å². The molecule has 2 bridgehead atoms. The van der Waals surface area contributed by atoms with Crippen molar-refractivity contribution in [1.82, 2.24) is 15.1 Å². The second-order valence-electron chi connectivity index (χ2n) is 6.31. The average Bonchev–Trinajstić information content (AvgIpc) is 2.88. The van der Waals surface area contributed by atoms with Crippen molar-refractivity contribution in [2.24, 2.45) is 5.41 Å². The van der Waals surface area contributed by atoms with Gasteiger partial charge >= 0.3 is 6.03 Å². The third kappa shape index (κ3) is 1.31. The molecule has 3 rings (SSSR count). The Morgan fingerprint density at radius 3 is 2.61 bits per heavy atom. The summed E-state index contributed by atoms with van der Waals surface area (Å²) < 4.78 is 0. The molecule has 0 saturated carbocycles. The number of carbonyl (C=O) groups is 3. The van der Waals surface area contributed by atoms with Gasteiger partial charge in [-0.3, -0.25) is 14.9 Å². The SMILES string of the molecule is CC(C)(C)C(=O)N1CC2CC1C1C(=O)NC(=O)N21. The Balaban J connectivity index is 1.88. The van der Waals surface area contributed by atoms with Crippen LogP contribution in [0.1, 0.15) is 27.2 Å². The van der Waals surface area contributed by atoms with Gasteiger partial charge in [0.05, 0.1) is 12.1 Å². The van der Waals surface area contributed by atoms with E-state index in [0.29, 0.717) is 6.54 Å². The summed E-state index contributed by atoms with van der Waals surface area (Å²) in [6, 6.07) is -0.922. The normalized spacial score (nSPS) is 34.1. The first-order valence-electron chi connectivity index (χ1n) is 6.25. The minimum absolute atomic E-state index is 0.00208. The molecule has 3 aliphatic rings. The van der Waals surface area contributed by atoms with E-state index >= 15 is 0 Å². The van der Waals surface area contributed by atoms with E-state index in [0.717, 1.165) is 6.42 Å². The van der Waals surface area contributed by atoms with Crippen LogP contribution in [-0.2, 0) is 9.59 Å². The molecule has 3 aliphatic heterocycles. The lowest BCUT2D eigenvalue weighted by atomic mass is 9.93.